The first kappa shape index (κ1) is 13.3. The number of fused-ring (bicyclic) bond motifs is 1. The molecule has 0 radical (unpaired) electrons. The molecule has 2 heterocycles. The Balaban J connectivity index is 1.88. The van der Waals surface area contributed by atoms with E-state index in [0.29, 0.717) is 6.54 Å². The van der Waals surface area contributed by atoms with Crippen molar-refractivity contribution in [2.75, 3.05) is 26.3 Å². The van der Waals surface area contributed by atoms with Gasteiger partial charge >= 0.3 is 0 Å². The fraction of sp³-hybridized carbons (Fsp3) is 0.462. The van der Waals surface area contributed by atoms with Crippen LogP contribution in [0, 0.1) is 0 Å². The van der Waals surface area contributed by atoms with Crippen LogP contribution in [0.25, 0.3) is 10.1 Å². The van der Waals surface area contributed by atoms with Crippen molar-refractivity contribution < 1.29 is 4.74 Å². The molecule has 98 valence electrons. The summed E-state index contributed by atoms with van der Waals surface area (Å²) in [5, 5.41) is 6.03. The van der Waals surface area contributed by atoms with E-state index in [1.165, 1.54) is 0 Å². The summed E-state index contributed by atoms with van der Waals surface area (Å²) in [6.07, 6.45) is 1.87. The van der Waals surface area contributed by atoms with E-state index in [0.717, 1.165) is 36.4 Å². The molecule has 18 heavy (non-hydrogen) atoms. The molecule has 2 aromatic heterocycles. The van der Waals surface area contributed by atoms with Crippen LogP contribution in [0.4, 0.5) is 0 Å². The van der Waals surface area contributed by atoms with E-state index in [1.807, 2.05) is 30.6 Å². The molecule has 0 saturated carbocycles. The van der Waals surface area contributed by atoms with Crippen molar-refractivity contribution in [1.29, 1.82) is 0 Å². The summed E-state index contributed by atoms with van der Waals surface area (Å²) in [4.78, 5) is 12.1. The SMILES string of the molecule is CCOCCNCCn1ccc2sccc2c1=O. The molecule has 0 fully saturated rings. The highest BCUT2D eigenvalue weighted by atomic mass is 32.1. The number of nitrogens with one attached hydrogen (secondary N) is 1. The molecular weight excluding hydrogens is 248 g/mol. The molecule has 5 heteroatoms. The van der Waals surface area contributed by atoms with Gasteiger partial charge in [0.1, 0.15) is 0 Å². The van der Waals surface area contributed by atoms with Gasteiger partial charge in [0, 0.05) is 37.1 Å². The summed E-state index contributed by atoms with van der Waals surface area (Å²) >= 11 is 1.60. The number of nitrogens with zero attached hydrogens (tertiary/aromatic N) is 1. The van der Waals surface area contributed by atoms with Crippen LogP contribution in [0.2, 0.25) is 0 Å². The number of aromatic nitrogens is 1. The first-order valence-corrected chi connectivity index (χ1v) is 7.06. The molecule has 0 aliphatic heterocycles. The van der Waals surface area contributed by atoms with E-state index in [9.17, 15) is 4.79 Å². The quantitative estimate of drug-likeness (QED) is 0.776. The van der Waals surface area contributed by atoms with E-state index in [2.05, 4.69) is 5.32 Å². The van der Waals surface area contributed by atoms with Crippen LogP contribution in [-0.2, 0) is 11.3 Å². The smallest absolute Gasteiger partial charge is 0.259 e. The standard InChI is InChI=1S/C13H18N2O2S/c1-2-17-9-6-14-5-8-15-7-3-12-11(13(15)16)4-10-18-12/h3-4,7,10,14H,2,5-6,8-9H2,1H3. The molecule has 0 aromatic carbocycles. The Bertz CT molecular complexity index is 547. The second kappa shape index (κ2) is 6.68. The van der Waals surface area contributed by atoms with Gasteiger partial charge in [-0.15, -0.1) is 11.3 Å². The number of ether oxygens (including phenoxy) is 1. The molecule has 0 aliphatic rings. The molecule has 0 spiro atoms. The van der Waals surface area contributed by atoms with Gasteiger partial charge in [-0.3, -0.25) is 4.79 Å². The number of pyridine rings is 1. The Kier molecular flexibility index (Phi) is 4.92. The van der Waals surface area contributed by atoms with Gasteiger partial charge in [-0.1, -0.05) is 0 Å². The minimum Gasteiger partial charge on any atom is -0.380 e. The van der Waals surface area contributed by atoms with Crippen molar-refractivity contribution in [2.45, 2.75) is 13.5 Å². The summed E-state index contributed by atoms with van der Waals surface area (Å²) in [6.45, 7) is 5.74. The minimum atomic E-state index is 0.0976. The van der Waals surface area contributed by atoms with E-state index in [-0.39, 0.29) is 5.56 Å². The third kappa shape index (κ3) is 3.19. The van der Waals surface area contributed by atoms with Crippen molar-refractivity contribution in [3.8, 4) is 0 Å². The lowest BCUT2D eigenvalue weighted by Crippen LogP contribution is -2.28. The highest BCUT2D eigenvalue weighted by Gasteiger charge is 2.02. The first-order valence-electron chi connectivity index (χ1n) is 6.18. The van der Waals surface area contributed by atoms with Crippen molar-refractivity contribution >= 4 is 21.4 Å². The maximum atomic E-state index is 12.1. The lowest BCUT2D eigenvalue weighted by molar-refractivity contribution is 0.149. The van der Waals surface area contributed by atoms with Crippen LogP contribution in [0.1, 0.15) is 6.92 Å². The van der Waals surface area contributed by atoms with Gasteiger partial charge in [0.2, 0.25) is 0 Å². The molecule has 0 unspecified atom stereocenters. The van der Waals surface area contributed by atoms with Gasteiger partial charge in [-0.05, 0) is 24.4 Å². The zero-order valence-corrected chi connectivity index (χ0v) is 11.3. The topological polar surface area (TPSA) is 43.3 Å². The molecule has 0 bridgehead atoms. The summed E-state index contributed by atoms with van der Waals surface area (Å²) in [5.41, 5.74) is 0.0976. The zero-order chi connectivity index (χ0) is 12.8. The minimum absolute atomic E-state index is 0.0976. The van der Waals surface area contributed by atoms with Crippen molar-refractivity contribution in [3.63, 3.8) is 0 Å². The lowest BCUT2D eigenvalue weighted by Gasteiger charge is -2.07. The van der Waals surface area contributed by atoms with Crippen molar-refractivity contribution in [2.24, 2.45) is 0 Å². The summed E-state index contributed by atoms with van der Waals surface area (Å²) in [6, 6.07) is 3.89. The van der Waals surface area contributed by atoms with Gasteiger partial charge in [0.05, 0.1) is 12.0 Å². The molecule has 1 N–H and O–H groups in total. The Morgan fingerprint density at radius 3 is 3.11 bits per heavy atom. The summed E-state index contributed by atoms with van der Waals surface area (Å²) in [7, 11) is 0. The highest BCUT2D eigenvalue weighted by Crippen LogP contribution is 2.15. The third-order valence-electron chi connectivity index (χ3n) is 2.75. The maximum absolute atomic E-state index is 12.1. The zero-order valence-electron chi connectivity index (χ0n) is 10.5. The predicted molar refractivity (Wildman–Crippen MR) is 75.4 cm³/mol. The van der Waals surface area contributed by atoms with Crippen molar-refractivity contribution in [1.82, 2.24) is 9.88 Å². The molecule has 0 aliphatic carbocycles. The molecule has 0 saturated heterocycles. The fourth-order valence-electron chi connectivity index (χ4n) is 1.80. The molecular formula is C13H18N2O2S. The molecule has 2 aromatic rings. The average Bonchev–Trinajstić information content (AvgIpc) is 2.85. The van der Waals surface area contributed by atoms with Gasteiger partial charge in [-0.2, -0.15) is 0 Å². The first-order chi connectivity index (χ1) is 8.83. The fourth-order valence-corrected chi connectivity index (χ4v) is 2.57. The predicted octanol–water partition coefficient (Wildman–Crippen LogP) is 1.69. The lowest BCUT2D eigenvalue weighted by atomic mass is 10.3. The molecule has 2 rings (SSSR count). The van der Waals surface area contributed by atoms with E-state index >= 15 is 0 Å². The van der Waals surface area contributed by atoms with Crippen LogP contribution in [0.15, 0.2) is 28.5 Å². The Hall–Kier alpha value is -1.17. The number of thiophene rings is 1. The number of rotatable bonds is 7. The molecule has 0 atom stereocenters. The maximum Gasteiger partial charge on any atom is 0.259 e. The normalized spacial score (nSPS) is 11.2. The van der Waals surface area contributed by atoms with Gasteiger partial charge in [0.15, 0.2) is 0 Å². The van der Waals surface area contributed by atoms with Crippen molar-refractivity contribution in [3.05, 3.63) is 34.1 Å². The van der Waals surface area contributed by atoms with Crippen LogP contribution >= 0.6 is 11.3 Å². The summed E-state index contributed by atoms with van der Waals surface area (Å²) in [5.74, 6) is 0. The monoisotopic (exact) mass is 266 g/mol. The Morgan fingerprint density at radius 1 is 1.39 bits per heavy atom. The third-order valence-corrected chi connectivity index (χ3v) is 3.63. The second-order valence-corrected chi connectivity index (χ2v) is 4.91. The Morgan fingerprint density at radius 2 is 2.28 bits per heavy atom. The van der Waals surface area contributed by atoms with E-state index in [4.69, 9.17) is 4.74 Å². The van der Waals surface area contributed by atoms with Gasteiger partial charge in [-0.25, -0.2) is 0 Å². The van der Waals surface area contributed by atoms with Crippen LogP contribution in [0.5, 0.6) is 0 Å². The number of hydrogen-bond donors (Lipinski definition) is 1. The average molecular weight is 266 g/mol. The summed E-state index contributed by atoms with van der Waals surface area (Å²) < 4.78 is 8.04. The number of hydrogen-bond acceptors (Lipinski definition) is 4. The van der Waals surface area contributed by atoms with E-state index in [1.54, 1.807) is 15.9 Å². The Labute approximate surface area is 110 Å². The van der Waals surface area contributed by atoms with Gasteiger partial charge in [0.25, 0.3) is 5.56 Å². The van der Waals surface area contributed by atoms with Crippen LogP contribution in [0.3, 0.4) is 0 Å². The largest absolute Gasteiger partial charge is 0.380 e. The highest BCUT2D eigenvalue weighted by molar-refractivity contribution is 7.17. The van der Waals surface area contributed by atoms with E-state index < -0.39 is 0 Å². The van der Waals surface area contributed by atoms with Gasteiger partial charge < -0.3 is 14.6 Å². The second-order valence-electron chi connectivity index (χ2n) is 3.96. The molecule has 0 amide bonds. The molecule has 4 nitrogen and oxygen atoms in total. The van der Waals surface area contributed by atoms with Crippen LogP contribution < -0.4 is 10.9 Å². The van der Waals surface area contributed by atoms with Crippen LogP contribution in [-0.4, -0.2) is 30.9 Å².